The highest BCUT2D eigenvalue weighted by atomic mass is 16.5. The van der Waals surface area contributed by atoms with Gasteiger partial charge in [0.2, 0.25) is 0 Å². The molecule has 0 unspecified atom stereocenters. The fourth-order valence-corrected chi connectivity index (χ4v) is 2.71. The number of ether oxygens (including phenoxy) is 2. The number of unbranched alkanes of at least 4 members (excludes halogenated alkanes) is 1. The van der Waals surface area contributed by atoms with Gasteiger partial charge in [-0.1, -0.05) is 13.3 Å². The Bertz CT molecular complexity index is 826. The lowest BCUT2D eigenvalue weighted by molar-refractivity contribution is 0.0694. The van der Waals surface area contributed by atoms with E-state index < -0.39 is 5.97 Å². The molecule has 0 aliphatic heterocycles. The summed E-state index contributed by atoms with van der Waals surface area (Å²) in [5.74, 6) is 0.585. The number of hydrogen-bond acceptors (Lipinski definition) is 5. The summed E-state index contributed by atoms with van der Waals surface area (Å²) in [6, 6.07) is 6.54. The molecule has 7 nitrogen and oxygen atoms in total. The predicted octanol–water partition coefficient (Wildman–Crippen LogP) is 4.14. The molecule has 152 valence electrons. The van der Waals surface area contributed by atoms with Gasteiger partial charge in [-0.15, -0.1) is 0 Å². The molecule has 2 rings (SSSR count). The third kappa shape index (κ3) is 5.28. The van der Waals surface area contributed by atoms with E-state index in [1.807, 2.05) is 6.92 Å². The Labute approximate surface area is 164 Å². The molecule has 1 N–H and O–H groups in total. The number of carboxylic acids is 1. The average molecular weight is 389 g/mol. The molecule has 0 saturated carbocycles. The first-order valence-electron chi connectivity index (χ1n) is 9.35. The number of furan rings is 1. The van der Waals surface area contributed by atoms with Crippen molar-refractivity contribution in [1.29, 1.82) is 0 Å². The predicted molar refractivity (Wildman–Crippen MR) is 104 cm³/mol. The quantitative estimate of drug-likeness (QED) is 0.615. The first-order chi connectivity index (χ1) is 13.4. The molecular weight excluding hydrogens is 362 g/mol. The van der Waals surface area contributed by atoms with Crippen LogP contribution in [0, 0.1) is 6.92 Å². The second-order valence-corrected chi connectivity index (χ2v) is 6.45. The van der Waals surface area contributed by atoms with Crippen LogP contribution >= 0.6 is 0 Å². The Hall–Kier alpha value is -2.96. The molecule has 1 aromatic heterocycles. The maximum absolute atomic E-state index is 12.8. The maximum atomic E-state index is 12.8. The molecule has 7 heteroatoms. The Balaban J connectivity index is 2.14. The molecule has 0 radical (unpaired) electrons. The Morgan fingerprint density at radius 1 is 1.14 bits per heavy atom. The van der Waals surface area contributed by atoms with Gasteiger partial charge in [0.1, 0.15) is 17.1 Å². The van der Waals surface area contributed by atoms with Crippen molar-refractivity contribution in [3.05, 3.63) is 46.9 Å². The lowest BCUT2D eigenvalue weighted by atomic mass is 10.1. The number of benzene rings is 1. The van der Waals surface area contributed by atoms with Gasteiger partial charge >= 0.3 is 5.97 Å². The number of aromatic carboxylic acids is 1. The van der Waals surface area contributed by atoms with Crippen molar-refractivity contribution in [3.63, 3.8) is 0 Å². The minimum absolute atomic E-state index is 0.100. The van der Waals surface area contributed by atoms with Gasteiger partial charge in [0.05, 0.1) is 19.8 Å². The van der Waals surface area contributed by atoms with Gasteiger partial charge in [0, 0.05) is 12.6 Å². The Morgan fingerprint density at radius 2 is 1.89 bits per heavy atom. The minimum Gasteiger partial charge on any atom is -0.490 e. The number of carbonyl (C=O) groups excluding carboxylic acids is 1. The van der Waals surface area contributed by atoms with Crippen molar-refractivity contribution in [2.45, 2.75) is 40.2 Å². The van der Waals surface area contributed by atoms with E-state index in [0.29, 0.717) is 41.8 Å². The SMILES string of the molecule is CCCCOc1ccc(C(=O)N(C)Cc2cc(C(=O)O)c(C)o2)cc1OCC. The molecule has 1 amide bonds. The first-order valence-corrected chi connectivity index (χ1v) is 9.35. The lowest BCUT2D eigenvalue weighted by Gasteiger charge is -2.18. The number of amides is 1. The van der Waals surface area contributed by atoms with Crippen LogP contribution in [-0.4, -0.2) is 42.1 Å². The van der Waals surface area contributed by atoms with Gasteiger partial charge in [-0.3, -0.25) is 4.79 Å². The molecule has 0 atom stereocenters. The van der Waals surface area contributed by atoms with Gasteiger partial charge in [-0.05, 0) is 44.5 Å². The van der Waals surface area contributed by atoms with Crippen LogP contribution < -0.4 is 9.47 Å². The summed E-state index contributed by atoms with van der Waals surface area (Å²) in [4.78, 5) is 25.4. The standard InChI is InChI=1S/C21H27NO6/c1-5-7-10-27-18-9-8-15(11-19(18)26-6-2)20(23)22(4)13-16-12-17(21(24)25)14(3)28-16/h8-9,11-12H,5-7,10,13H2,1-4H3,(H,24,25). The van der Waals surface area contributed by atoms with E-state index in [4.69, 9.17) is 19.0 Å². The van der Waals surface area contributed by atoms with Crippen LogP contribution in [0.4, 0.5) is 0 Å². The number of nitrogens with zero attached hydrogens (tertiary/aromatic N) is 1. The summed E-state index contributed by atoms with van der Waals surface area (Å²) < 4.78 is 16.8. The van der Waals surface area contributed by atoms with E-state index in [2.05, 4.69) is 6.92 Å². The van der Waals surface area contributed by atoms with E-state index in [1.165, 1.54) is 11.0 Å². The summed E-state index contributed by atoms with van der Waals surface area (Å²) in [6.45, 7) is 6.75. The number of carbonyl (C=O) groups is 2. The van der Waals surface area contributed by atoms with Crippen LogP contribution in [-0.2, 0) is 6.54 Å². The lowest BCUT2D eigenvalue weighted by Crippen LogP contribution is -2.26. The van der Waals surface area contributed by atoms with E-state index in [0.717, 1.165) is 12.8 Å². The van der Waals surface area contributed by atoms with Crippen LogP contribution in [0.1, 0.15) is 58.9 Å². The topological polar surface area (TPSA) is 89.2 Å². The molecule has 1 aromatic carbocycles. The van der Waals surface area contributed by atoms with E-state index in [9.17, 15) is 9.59 Å². The monoisotopic (exact) mass is 389 g/mol. The highest BCUT2D eigenvalue weighted by Crippen LogP contribution is 2.29. The molecule has 1 heterocycles. The zero-order valence-corrected chi connectivity index (χ0v) is 16.8. The number of carboxylic acid groups (broad SMARTS) is 1. The van der Waals surface area contributed by atoms with Gasteiger partial charge in [0.25, 0.3) is 5.91 Å². The van der Waals surface area contributed by atoms with E-state index in [1.54, 1.807) is 32.2 Å². The third-order valence-corrected chi connectivity index (χ3v) is 4.18. The molecule has 2 aromatic rings. The number of aryl methyl sites for hydroxylation is 1. The summed E-state index contributed by atoms with van der Waals surface area (Å²) in [5.41, 5.74) is 0.554. The minimum atomic E-state index is -1.05. The van der Waals surface area contributed by atoms with Gasteiger partial charge < -0.3 is 23.9 Å². The van der Waals surface area contributed by atoms with Crippen molar-refractivity contribution < 1.29 is 28.6 Å². The molecule has 0 bridgehead atoms. The second-order valence-electron chi connectivity index (χ2n) is 6.45. The van der Waals surface area contributed by atoms with Crippen LogP contribution in [0.15, 0.2) is 28.7 Å². The molecule has 28 heavy (non-hydrogen) atoms. The average Bonchev–Trinajstić information content (AvgIpc) is 3.03. The fourth-order valence-electron chi connectivity index (χ4n) is 2.71. The molecular formula is C21H27NO6. The van der Waals surface area contributed by atoms with Crippen LogP contribution in [0.2, 0.25) is 0 Å². The Morgan fingerprint density at radius 3 is 2.50 bits per heavy atom. The van der Waals surface area contributed by atoms with Crippen molar-refractivity contribution in [3.8, 4) is 11.5 Å². The second kappa shape index (κ2) is 9.82. The highest BCUT2D eigenvalue weighted by Gasteiger charge is 2.19. The normalized spacial score (nSPS) is 10.6. The van der Waals surface area contributed by atoms with Gasteiger partial charge in [-0.2, -0.15) is 0 Å². The molecule has 0 aliphatic carbocycles. The van der Waals surface area contributed by atoms with Crippen LogP contribution in [0.5, 0.6) is 11.5 Å². The molecule has 0 saturated heterocycles. The van der Waals surface area contributed by atoms with Gasteiger partial charge in [0.15, 0.2) is 11.5 Å². The van der Waals surface area contributed by atoms with Crippen molar-refractivity contribution in [2.24, 2.45) is 0 Å². The zero-order chi connectivity index (χ0) is 20.7. The molecule has 0 spiro atoms. The first kappa shape index (κ1) is 21.3. The smallest absolute Gasteiger partial charge is 0.339 e. The molecule has 0 aliphatic rings. The summed E-state index contributed by atoms with van der Waals surface area (Å²) in [5, 5.41) is 9.12. The third-order valence-electron chi connectivity index (χ3n) is 4.18. The fraction of sp³-hybridized carbons (Fsp3) is 0.429. The van der Waals surface area contributed by atoms with Crippen LogP contribution in [0.3, 0.4) is 0 Å². The largest absolute Gasteiger partial charge is 0.490 e. The van der Waals surface area contributed by atoms with E-state index in [-0.39, 0.29) is 18.0 Å². The Kier molecular flexibility index (Phi) is 7.49. The highest BCUT2D eigenvalue weighted by molar-refractivity contribution is 5.94. The van der Waals surface area contributed by atoms with Gasteiger partial charge in [-0.25, -0.2) is 4.79 Å². The van der Waals surface area contributed by atoms with Crippen molar-refractivity contribution >= 4 is 11.9 Å². The summed E-state index contributed by atoms with van der Waals surface area (Å²) in [6.07, 6.45) is 1.97. The van der Waals surface area contributed by atoms with E-state index >= 15 is 0 Å². The summed E-state index contributed by atoms with van der Waals surface area (Å²) in [7, 11) is 1.63. The van der Waals surface area contributed by atoms with Crippen molar-refractivity contribution in [2.75, 3.05) is 20.3 Å². The maximum Gasteiger partial charge on any atom is 0.339 e. The summed E-state index contributed by atoms with van der Waals surface area (Å²) >= 11 is 0. The molecule has 0 fully saturated rings. The van der Waals surface area contributed by atoms with Crippen LogP contribution in [0.25, 0.3) is 0 Å². The number of rotatable bonds is 10. The number of hydrogen-bond donors (Lipinski definition) is 1. The van der Waals surface area contributed by atoms with Crippen molar-refractivity contribution in [1.82, 2.24) is 4.90 Å². The zero-order valence-electron chi connectivity index (χ0n) is 16.8.